The van der Waals surface area contributed by atoms with Gasteiger partial charge in [-0.25, -0.2) is 10.2 Å². The van der Waals surface area contributed by atoms with E-state index in [-0.39, 0.29) is 6.61 Å². The van der Waals surface area contributed by atoms with E-state index in [1.165, 1.54) is 12.3 Å². The third kappa shape index (κ3) is 6.34. The molecule has 0 unspecified atom stereocenters. The molecule has 6 nitrogen and oxygen atoms in total. The Kier molecular flexibility index (Phi) is 7.43. The van der Waals surface area contributed by atoms with E-state index in [1.807, 2.05) is 6.07 Å². The Morgan fingerprint density at radius 3 is 2.40 bits per heavy atom. The van der Waals surface area contributed by atoms with Gasteiger partial charge in [0, 0.05) is 5.02 Å². The van der Waals surface area contributed by atoms with E-state index in [2.05, 4.69) is 10.5 Å². The first kappa shape index (κ1) is 21.4. The maximum Gasteiger partial charge on any atom is 0.343 e. The summed E-state index contributed by atoms with van der Waals surface area (Å²) in [6.07, 6.45) is 1.45. The molecule has 3 rings (SSSR count). The Hall–Kier alpha value is -3.35. The Labute approximate surface area is 183 Å². The highest BCUT2D eigenvalue weighted by Gasteiger charge is 2.08. The van der Waals surface area contributed by atoms with Crippen molar-refractivity contribution in [1.29, 1.82) is 0 Å². The molecular weight excluding hydrogens is 427 g/mol. The maximum atomic E-state index is 12.0. The summed E-state index contributed by atoms with van der Waals surface area (Å²) in [5.41, 5.74) is 3.52. The highest BCUT2D eigenvalue weighted by atomic mass is 35.5. The number of halogens is 2. The number of hydrazone groups is 1. The van der Waals surface area contributed by atoms with Crippen molar-refractivity contribution in [1.82, 2.24) is 5.43 Å². The van der Waals surface area contributed by atoms with E-state index in [1.54, 1.807) is 60.7 Å². The van der Waals surface area contributed by atoms with Crippen molar-refractivity contribution in [3.8, 4) is 11.5 Å². The highest BCUT2D eigenvalue weighted by molar-refractivity contribution is 6.35. The minimum absolute atomic E-state index is 0.257. The lowest BCUT2D eigenvalue weighted by atomic mass is 10.2. The van der Waals surface area contributed by atoms with Gasteiger partial charge in [0.1, 0.15) is 11.5 Å². The summed E-state index contributed by atoms with van der Waals surface area (Å²) in [6, 6.07) is 20.1. The number of nitrogens with one attached hydrogen (secondary N) is 1. The monoisotopic (exact) mass is 442 g/mol. The highest BCUT2D eigenvalue weighted by Crippen LogP contribution is 2.27. The lowest BCUT2D eigenvalue weighted by Gasteiger charge is -2.07. The number of amides is 1. The van der Waals surface area contributed by atoms with Crippen LogP contribution in [0.4, 0.5) is 0 Å². The molecular formula is C22H16Cl2N2O4. The first-order valence-electron chi connectivity index (χ1n) is 8.78. The zero-order valence-electron chi connectivity index (χ0n) is 15.5. The topological polar surface area (TPSA) is 77.0 Å². The fourth-order valence-corrected chi connectivity index (χ4v) is 2.77. The summed E-state index contributed by atoms with van der Waals surface area (Å²) in [5.74, 6) is -0.144. The van der Waals surface area contributed by atoms with Gasteiger partial charge in [-0.05, 0) is 60.2 Å². The molecule has 1 amide bonds. The molecule has 8 heteroatoms. The Morgan fingerprint density at radius 1 is 0.967 bits per heavy atom. The summed E-state index contributed by atoms with van der Waals surface area (Å²) < 4.78 is 10.6. The second-order valence-corrected chi connectivity index (χ2v) is 6.82. The number of rotatable bonds is 7. The van der Waals surface area contributed by atoms with E-state index in [9.17, 15) is 9.59 Å². The minimum atomic E-state index is -0.453. The number of benzene rings is 3. The Morgan fingerprint density at radius 2 is 1.70 bits per heavy atom. The number of ether oxygens (including phenoxy) is 2. The molecule has 0 atom stereocenters. The molecule has 0 fully saturated rings. The lowest BCUT2D eigenvalue weighted by molar-refractivity contribution is -0.123. The second kappa shape index (κ2) is 10.4. The Bertz CT molecular complexity index is 1050. The van der Waals surface area contributed by atoms with Crippen LogP contribution >= 0.6 is 23.2 Å². The minimum Gasteiger partial charge on any atom is -0.482 e. The van der Waals surface area contributed by atoms with E-state index >= 15 is 0 Å². The smallest absolute Gasteiger partial charge is 0.343 e. The van der Waals surface area contributed by atoms with Crippen molar-refractivity contribution in [3.05, 3.63) is 94.0 Å². The van der Waals surface area contributed by atoms with Crippen LogP contribution in [0.1, 0.15) is 15.9 Å². The van der Waals surface area contributed by atoms with Crippen molar-refractivity contribution in [3.63, 3.8) is 0 Å². The fraction of sp³-hybridized carbons (Fsp3) is 0.0455. The number of hydrogen-bond donors (Lipinski definition) is 1. The van der Waals surface area contributed by atoms with Crippen molar-refractivity contribution in [2.75, 3.05) is 6.61 Å². The molecule has 0 aromatic heterocycles. The third-order valence-electron chi connectivity index (χ3n) is 3.76. The van der Waals surface area contributed by atoms with Crippen molar-refractivity contribution < 1.29 is 19.1 Å². The molecule has 0 aliphatic heterocycles. The summed E-state index contributed by atoms with van der Waals surface area (Å²) in [5, 5.41) is 4.65. The van der Waals surface area contributed by atoms with Crippen molar-refractivity contribution in [2.24, 2.45) is 5.10 Å². The standard InChI is InChI=1S/C22H16Cl2N2O4/c23-17-8-11-20(19(24)12-17)29-14-21(27)26-25-13-15-6-9-18(10-7-15)30-22(28)16-4-2-1-3-5-16/h1-13H,14H2,(H,26,27). The zero-order chi connectivity index (χ0) is 21.3. The fourth-order valence-electron chi connectivity index (χ4n) is 2.31. The molecule has 0 bridgehead atoms. The van der Waals surface area contributed by atoms with Gasteiger partial charge >= 0.3 is 5.97 Å². The molecule has 0 saturated heterocycles. The van der Waals surface area contributed by atoms with Gasteiger partial charge in [0.15, 0.2) is 6.61 Å². The molecule has 0 radical (unpaired) electrons. The van der Waals surface area contributed by atoms with Crippen LogP contribution in [0.5, 0.6) is 11.5 Å². The van der Waals surface area contributed by atoms with Gasteiger partial charge in [-0.2, -0.15) is 5.10 Å². The molecule has 152 valence electrons. The molecule has 30 heavy (non-hydrogen) atoms. The molecule has 3 aromatic rings. The number of hydrogen-bond acceptors (Lipinski definition) is 5. The van der Waals surface area contributed by atoms with E-state index in [0.717, 1.165) is 0 Å². The predicted molar refractivity (Wildman–Crippen MR) is 116 cm³/mol. The van der Waals surface area contributed by atoms with Gasteiger partial charge in [0.2, 0.25) is 0 Å². The molecule has 0 heterocycles. The molecule has 1 N–H and O–H groups in total. The molecule has 0 spiro atoms. The average Bonchev–Trinajstić information content (AvgIpc) is 2.75. The van der Waals surface area contributed by atoms with Crippen LogP contribution in [0.25, 0.3) is 0 Å². The first-order valence-corrected chi connectivity index (χ1v) is 9.54. The Balaban J connectivity index is 1.46. The zero-order valence-corrected chi connectivity index (χ0v) is 17.1. The number of carbonyl (C=O) groups excluding carboxylic acids is 2. The first-order chi connectivity index (χ1) is 14.5. The van der Waals surface area contributed by atoms with E-state index in [0.29, 0.717) is 32.7 Å². The van der Waals surface area contributed by atoms with E-state index < -0.39 is 11.9 Å². The van der Waals surface area contributed by atoms with Gasteiger partial charge in [0.05, 0.1) is 16.8 Å². The van der Waals surface area contributed by atoms with Crippen LogP contribution in [0.15, 0.2) is 77.9 Å². The summed E-state index contributed by atoms with van der Waals surface area (Å²) >= 11 is 11.8. The largest absolute Gasteiger partial charge is 0.482 e. The number of carbonyl (C=O) groups is 2. The van der Waals surface area contributed by atoms with Crippen molar-refractivity contribution in [2.45, 2.75) is 0 Å². The average molecular weight is 443 g/mol. The van der Waals surface area contributed by atoms with Crippen LogP contribution < -0.4 is 14.9 Å². The number of esters is 1. The maximum absolute atomic E-state index is 12.0. The predicted octanol–water partition coefficient (Wildman–Crippen LogP) is 4.74. The SMILES string of the molecule is O=C(COc1ccc(Cl)cc1Cl)NN=Cc1ccc(OC(=O)c2ccccc2)cc1. The quantitative estimate of drug-likeness (QED) is 0.248. The lowest BCUT2D eigenvalue weighted by Crippen LogP contribution is -2.24. The molecule has 3 aromatic carbocycles. The normalized spacial score (nSPS) is 10.6. The van der Waals surface area contributed by atoms with Gasteiger partial charge < -0.3 is 9.47 Å². The van der Waals surface area contributed by atoms with Crippen LogP contribution in [0.3, 0.4) is 0 Å². The molecule has 0 aliphatic carbocycles. The van der Waals surface area contributed by atoms with Gasteiger partial charge in [-0.1, -0.05) is 41.4 Å². The van der Waals surface area contributed by atoms with Gasteiger partial charge in [-0.3, -0.25) is 4.79 Å². The van der Waals surface area contributed by atoms with Crippen molar-refractivity contribution >= 4 is 41.3 Å². The summed E-state index contributed by atoms with van der Waals surface area (Å²) in [7, 11) is 0. The van der Waals surface area contributed by atoms with Crippen LogP contribution in [-0.4, -0.2) is 24.7 Å². The van der Waals surface area contributed by atoms with Gasteiger partial charge in [0.25, 0.3) is 5.91 Å². The summed E-state index contributed by atoms with van der Waals surface area (Å²) in [6.45, 7) is -0.257. The summed E-state index contributed by atoms with van der Waals surface area (Å²) in [4.78, 5) is 23.8. The second-order valence-electron chi connectivity index (χ2n) is 5.98. The van der Waals surface area contributed by atoms with E-state index in [4.69, 9.17) is 32.7 Å². The van der Waals surface area contributed by atoms with Crippen LogP contribution in [0.2, 0.25) is 10.0 Å². The molecule has 0 aliphatic rings. The number of nitrogens with zero attached hydrogens (tertiary/aromatic N) is 1. The van der Waals surface area contributed by atoms with Crippen LogP contribution in [0, 0.1) is 0 Å². The molecule has 0 saturated carbocycles. The van der Waals surface area contributed by atoms with Gasteiger partial charge in [-0.15, -0.1) is 0 Å². The van der Waals surface area contributed by atoms with Crippen LogP contribution in [-0.2, 0) is 4.79 Å². The third-order valence-corrected chi connectivity index (χ3v) is 4.29.